The first-order valence-electron chi connectivity index (χ1n) is 8.45. The summed E-state index contributed by atoms with van der Waals surface area (Å²) in [6, 6.07) is 0.789. The minimum atomic E-state index is -4.50. The molecule has 154 valence electrons. The number of ether oxygens (including phenoxy) is 1. The van der Waals surface area contributed by atoms with Crippen LogP contribution >= 0.6 is 22.9 Å². The maximum atomic E-state index is 12.6. The Labute approximate surface area is 170 Å². The van der Waals surface area contributed by atoms with Crippen molar-refractivity contribution in [2.24, 2.45) is 4.99 Å². The van der Waals surface area contributed by atoms with Gasteiger partial charge in [-0.25, -0.2) is 9.97 Å². The minimum Gasteiger partial charge on any atom is -0.475 e. The molecule has 0 aromatic carbocycles. The topological polar surface area (TPSA) is 71.4 Å². The third-order valence-electron chi connectivity index (χ3n) is 3.56. The summed E-state index contributed by atoms with van der Waals surface area (Å²) in [6.45, 7) is 5.21. The number of alkyl halides is 3. The third-order valence-corrected chi connectivity index (χ3v) is 4.70. The molecule has 0 atom stereocenters. The lowest BCUT2D eigenvalue weighted by Gasteiger charge is -2.12. The van der Waals surface area contributed by atoms with Gasteiger partial charge in [0.25, 0.3) is 0 Å². The van der Waals surface area contributed by atoms with Crippen LogP contribution in [0.4, 0.5) is 13.2 Å². The van der Waals surface area contributed by atoms with Gasteiger partial charge in [0, 0.05) is 18.6 Å². The first-order valence-corrected chi connectivity index (χ1v) is 9.70. The highest BCUT2D eigenvalue weighted by Crippen LogP contribution is 2.32. The summed E-state index contributed by atoms with van der Waals surface area (Å²) >= 11 is 7.37. The SMILES string of the molecule is CN=C(NCCOc1ncc(C(F)(F)F)cc1Cl)NCc1nc(C(C)C)cs1. The first-order chi connectivity index (χ1) is 13.2. The van der Waals surface area contributed by atoms with Gasteiger partial charge in [-0.3, -0.25) is 4.99 Å². The predicted octanol–water partition coefficient (Wildman–Crippen LogP) is 4.08. The van der Waals surface area contributed by atoms with E-state index in [1.165, 1.54) is 0 Å². The Bertz CT molecular complexity index is 810. The number of nitrogens with one attached hydrogen (secondary N) is 2. The van der Waals surface area contributed by atoms with Gasteiger partial charge in [0.2, 0.25) is 5.88 Å². The van der Waals surface area contributed by atoms with E-state index in [1.54, 1.807) is 18.4 Å². The molecule has 0 saturated carbocycles. The molecule has 11 heteroatoms. The summed E-state index contributed by atoms with van der Waals surface area (Å²) in [5.74, 6) is 0.880. The summed E-state index contributed by atoms with van der Waals surface area (Å²) in [6.07, 6.45) is -3.81. The number of aromatic nitrogens is 2. The molecular weight excluding hydrogens is 415 g/mol. The number of halogens is 4. The lowest BCUT2D eigenvalue weighted by molar-refractivity contribution is -0.137. The van der Waals surface area contributed by atoms with Crippen LogP contribution in [0.2, 0.25) is 5.02 Å². The highest BCUT2D eigenvalue weighted by Gasteiger charge is 2.31. The van der Waals surface area contributed by atoms with Crippen LogP contribution in [0, 0.1) is 0 Å². The normalized spacial score (nSPS) is 12.4. The van der Waals surface area contributed by atoms with Gasteiger partial charge < -0.3 is 15.4 Å². The molecule has 0 unspecified atom stereocenters. The smallest absolute Gasteiger partial charge is 0.417 e. The Morgan fingerprint density at radius 1 is 1.36 bits per heavy atom. The van der Waals surface area contributed by atoms with Crippen LogP contribution in [-0.4, -0.2) is 36.1 Å². The zero-order valence-electron chi connectivity index (χ0n) is 15.6. The number of nitrogens with zero attached hydrogens (tertiary/aromatic N) is 3. The lowest BCUT2D eigenvalue weighted by Crippen LogP contribution is -2.38. The van der Waals surface area contributed by atoms with Crippen LogP contribution in [0.3, 0.4) is 0 Å². The molecule has 2 N–H and O–H groups in total. The second-order valence-corrected chi connectivity index (χ2v) is 7.38. The second-order valence-electron chi connectivity index (χ2n) is 6.03. The van der Waals surface area contributed by atoms with Crippen molar-refractivity contribution in [1.29, 1.82) is 0 Å². The quantitative estimate of drug-likeness (QED) is 0.389. The molecule has 0 saturated heterocycles. The third kappa shape index (κ3) is 6.52. The molecule has 0 radical (unpaired) electrons. The number of guanidine groups is 1. The van der Waals surface area contributed by atoms with Crippen molar-refractivity contribution in [3.63, 3.8) is 0 Å². The van der Waals surface area contributed by atoms with Crippen LogP contribution in [0.1, 0.15) is 36.0 Å². The molecule has 0 aliphatic carbocycles. The fraction of sp³-hybridized carbons (Fsp3) is 0.471. The van der Waals surface area contributed by atoms with E-state index < -0.39 is 11.7 Å². The summed E-state index contributed by atoms with van der Waals surface area (Å²) in [4.78, 5) is 12.2. The van der Waals surface area contributed by atoms with E-state index in [9.17, 15) is 13.2 Å². The average molecular weight is 436 g/mol. The van der Waals surface area contributed by atoms with Gasteiger partial charge >= 0.3 is 6.18 Å². The summed E-state index contributed by atoms with van der Waals surface area (Å²) < 4.78 is 43.1. The number of thiazole rings is 1. The van der Waals surface area contributed by atoms with Gasteiger partial charge in [-0.15, -0.1) is 11.3 Å². The Balaban J connectivity index is 1.77. The molecule has 2 rings (SSSR count). The van der Waals surface area contributed by atoms with E-state index >= 15 is 0 Å². The zero-order chi connectivity index (χ0) is 20.7. The van der Waals surface area contributed by atoms with Gasteiger partial charge in [0.05, 0.1) is 24.3 Å². The van der Waals surface area contributed by atoms with Crippen molar-refractivity contribution in [2.75, 3.05) is 20.2 Å². The van der Waals surface area contributed by atoms with E-state index in [-0.39, 0.29) is 17.5 Å². The van der Waals surface area contributed by atoms with Crippen molar-refractivity contribution in [3.8, 4) is 5.88 Å². The van der Waals surface area contributed by atoms with Gasteiger partial charge in [-0.2, -0.15) is 13.2 Å². The summed E-state index contributed by atoms with van der Waals surface area (Å²) in [5.41, 5.74) is 0.134. The molecule has 2 heterocycles. The van der Waals surface area contributed by atoms with Crippen LogP contribution < -0.4 is 15.4 Å². The largest absolute Gasteiger partial charge is 0.475 e. The minimum absolute atomic E-state index is 0.0524. The summed E-state index contributed by atoms with van der Waals surface area (Å²) in [7, 11) is 1.63. The van der Waals surface area contributed by atoms with E-state index in [0.717, 1.165) is 16.8 Å². The molecule has 6 nitrogen and oxygen atoms in total. The molecule has 2 aromatic rings. The fourth-order valence-corrected chi connectivity index (χ4v) is 3.17. The second kappa shape index (κ2) is 9.92. The Morgan fingerprint density at radius 3 is 2.68 bits per heavy atom. The van der Waals surface area contributed by atoms with Crippen molar-refractivity contribution in [1.82, 2.24) is 20.6 Å². The molecule has 0 bridgehead atoms. The predicted molar refractivity (Wildman–Crippen MR) is 104 cm³/mol. The van der Waals surface area contributed by atoms with Crippen LogP contribution in [-0.2, 0) is 12.7 Å². The summed E-state index contributed by atoms with van der Waals surface area (Å²) in [5, 5.41) is 8.96. The Kier molecular flexibility index (Phi) is 7.88. The van der Waals surface area contributed by atoms with E-state index in [1.807, 2.05) is 5.38 Å². The van der Waals surface area contributed by atoms with E-state index in [4.69, 9.17) is 16.3 Å². The van der Waals surface area contributed by atoms with E-state index in [0.29, 0.717) is 31.2 Å². The number of hydrogen-bond acceptors (Lipinski definition) is 5. The Morgan fingerprint density at radius 2 is 2.11 bits per heavy atom. The van der Waals surface area contributed by atoms with E-state index in [2.05, 4.69) is 39.4 Å². The van der Waals surface area contributed by atoms with Gasteiger partial charge in [0.15, 0.2) is 5.96 Å². The van der Waals surface area contributed by atoms with Gasteiger partial charge in [0.1, 0.15) is 16.6 Å². The number of hydrogen-bond donors (Lipinski definition) is 2. The molecule has 0 aliphatic rings. The average Bonchev–Trinajstić information content (AvgIpc) is 3.10. The number of aliphatic imine (C=N–C) groups is 1. The molecule has 0 aliphatic heterocycles. The first kappa shape index (κ1) is 22.2. The van der Waals surface area contributed by atoms with Crippen LogP contribution in [0.15, 0.2) is 22.6 Å². The maximum absolute atomic E-state index is 12.6. The van der Waals surface area contributed by atoms with Crippen molar-refractivity contribution < 1.29 is 17.9 Å². The number of pyridine rings is 1. The molecule has 2 aromatic heterocycles. The zero-order valence-corrected chi connectivity index (χ0v) is 17.2. The fourth-order valence-electron chi connectivity index (χ4n) is 2.06. The van der Waals surface area contributed by atoms with Crippen molar-refractivity contribution in [3.05, 3.63) is 38.9 Å². The van der Waals surface area contributed by atoms with Gasteiger partial charge in [-0.1, -0.05) is 25.4 Å². The molecule has 0 fully saturated rings. The lowest BCUT2D eigenvalue weighted by atomic mass is 10.2. The molecule has 28 heavy (non-hydrogen) atoms. The standard InChI is InChI=1S/C17H21ClF3N5OS/c1-10(2)13-9-28-14(26-13)8-25-16(22-3)23-4-5-27-15-12(18)6-11(7-24-15)17(19,20)21/h6-7,9-10H,4-5,8H2,1-3H3,(H2,22,23,25). The van der Waals surface area contributed by atoms with Gasteiger partial charge in [-0.05, 0) is 12.0 Å². The van der Waals surface area contributed by atoms with Crippen molar-refractivity contribution >= 4 is 28.9 Å². The molecule has 0 amide bonds. The number of rotatable bonds is 7. The molecular formula is C17H21ClF3N5OS. The highest BCUT2D eigenvalue weighted by atomic mass is 35.5. The van der Waals surface area contributed by atoms with Crippen LogP contribution in [0.25, 0.3) is 0 Å². The monoisotopic (exact) mass is 435 g/mol. The Hall–Kier alpha value is -2.07. The van der Waals surface area contributed by atoms with Crippen molar-refractivity contribution in [2.45, 2.75) is 32.5 Å². The molecule has 0 spiro atoms. The van der Waals surface area contributed by atoms with Crippen LogP contribution in [0.5, 0.6) is 5.88 Å². The highest BCUT2D eigenvalue weighted by molar-refractivity contribution is 7.09. The maximum Gasteiger partial charge on any atom is 0.417 e.